The molecule has 7 heteroatoms. The molecule has 1 amide bonds. The van der Waals surface area contributed by atoms with Crippen molar-refractivity contribution in [2.75, 3.05) is 7.11 Å². The second kappa shape index (κ2) is 6.08. The Morgan fingerprint density at radius 1 is 1.33 bits per heavy atom. The predicted octanol–water partition coefficient (Wildman–Crippen LogP) is 1.13. The maximum atomic E-state index is 12.0. The number of amides is 1. The van der Waals surface area contributed by atoms with E-state index in [-0.39, 0.29) is 18.1 Å². The number of benzene rings is 1. The number of aromatic hydroxyl groups is 2. The third kappa shape index (κ3) is 3.38. The van der Waals surface area contributed by atoms with Crippen LogP contribution in [-0.2, 0) is 6.54 Å². The third-order valence-electron chi connectivity index (χ3n) is 2.78. The molecule has 1 aromatic heterocycles. The number of ether oxygens (including phenoxy) is 1. The summed E-state index contributed by atoms with van der Waals surface area (Å²) in [4.78, 5) is 19.4. The van der Waals surface area contributed by atoms with Crippen LogP contribution < -0.4 is 10.1 Å². The molecular weight excluding hydrogens is 274 g/mol. The number of rotatable bonds is 4. The number of methoxy groups -OCH3 is 1. The van der Waals surface area contributed by atoms with E-state index in [9.17, 15) is 15.0 Å². The summed E-state index contributed by atoms with van der Waals surface area (Å²) >= 11 is 0. The lowest BCUT2D eigenvalue weighted by atomic mass is 10.2. The number of nitrogens with zero attached hydrogens (tertiary/aromatic N) is 2. The van der Waals surface area contributed by atoms with Gasteiger partial charge in [0.2, 0.25) is 5.75 Å². The lowest BCUT2D eigenvalue weighted by Gasteiger charge is -2.08. The van der Waals surface area contributed by atoms with E-state index in [1.165, 1.54) is 6.92 Å². The van der Waals surface area contributed by atoms with Gasteiger partial charge in [-0.25, -0.2) is 4.98 Å². The maximum Gasteiger partial charge on any atom is 0.274 e. The van der Waals surface area contributed by atoms with Gasteiger partial charge >= 0.3 is 0 Å². The highest BCUT2D eigenvalue weighted by Crippen LogP contribution is 2.24. The molecule has 2 rings (SSSR count). The summed E-state index contributed by atoms with van der Waals surface area (Å²) < 4.78 is 5.09. The highest BCUT2D eigenvalue weighted by Gasteiger charge is 2.18. The molecule has 7 nitrogen and oxygen atoms in total. The van der Waals surface area contributed by atoms with Gasteiger partial charge in [0.05, 0.1) is 7.11 Å². The van der Waals surface area contributed by atoms with E-state index < -0.39 is 17.5 Å². The molecule has 110 valence electrons. The average molecular weight is 289 g/mol. The largest absolute Gasteiger partial charge is 0.501 e. The first-order valence-corrected chi connectivity index (χ1v) is 6.19. The normalized spacial score (nSPS) is 10.2. The number of hydrogen-bond acceptors (Lipinski definition) is 6. The van der Waals surface area contributed by atoms with E-state index in [1.54, 1.807) is 25.3 Å². The minimum Gasteiger partial charge on any atom is -0.501 e. The van der Waals surface area contributed by atoms with Crippen LogP contribution in [0.2, 0.25) is 0 Å². The molecule has 2 aromatic rings. The van der Waals surface area contributed by atoms with Crippen molar-refractivity contribution in [3.05, 3.63) is 41.3 Å². The summed E-state index contributed by atoms with van der Waals surface area (Å²) in [6, 6.07) is 7.20. The van der Waals surface area contributed by atoms with Crippen LogP contribution in [0.3, 0.4) is 0 Å². The number of nitrogens with one attached hydrogen (secondary N) is 1. The zero-order valence-corrected chi connectivity index (χ0v) is 11.6. The standard InChI is InChI=1S/C14H15N3O4/c1-8-16-11(12(18)14(20)17-8)13(19)15-7-9-4-3-5-10(6-9)21-2/h3-6,18H,7H2,1-2H3,(H,15,19)(H,16,17,20). The molecule has 3 N–H and O–H groups in total. The molecule has 1 aromatic carbocycles. The molecule has 0 fully saturated rings. The van der Waals surface area contributed by atoms with Gasteiger partial charge in [0.1, 0.15) is 11.6 Å². The summed E-state index contributed by atoms with van der Waals surface area (Å²) in [6.45, 7) is 1.75. The fourth-order valence-corrected chi connectivity index (χ4v) is 1.76. The van der Waals surface area contributed by atoms with Gasteiger partial charge in [0.25, 0.3) is 11.8 Å². The molecular formula is C14H15N3O4. The lowest BCUT2D eigenvalue weighted by molar-refractivity contribution is 0.0941. The van der Waals surface area contributed by atoms with Gasteiger partial charge in [-0.05, 0) is 24.6 Å². The van der Waals surface area contributed by atoms with Crippen LogP contribution in [0.25, 0.3) is 0 Å². The Kier molecular flexibility index (Phi) is 4.22. The lowest BCUT2D eigenvalue weighted by Crippen LogP contribution is -2.24. The molecule has 0 saturated carbocycles. The van der Waals surface area contributed by atoms with E-state index in [2.05, 4.69) is 15.3 Å². The molecule has 0 spiro atoms. The fraction of sp³-hybridized carbons (Fsp3) is 0.214. The summed E-state index contributed by atoms with van der Waals surface area (Å²) in [6.07, 6.45) is 0. The molecule has 0 aliphatic rings. The Hall–Kier alpha value is -2.83. The zero-order valence-electron chi connectivity index (χ0n) is 11.6. The van der Waals surface area contributed by atoms with Crippen molar-refractivity contribution >= 4 is 5.91 Å². The predicted molar refractivity (Wildman–Crippen MR) is 74.3 cm³/mol. The van der Waals surface area contributed by atoms with Crippen molar-refractivity contribution in [3.8, 4) is 17.4 Å². The second-order valence-corrected chi connectivity index (χ2v) is 4.33. The first-order chi connectivity index (χ1) is 10.0. The minimum absolute atomic E-state index is 0.192. The molecule has 1 heterocycles. The second-order valence-electron chi connectivity index (χ2n) is 4.33. The monoisotopic (exact) mass is 289 g/mol. The molecule has 0 saturated heterocycles. The van der Waals surface area contributed by atoms with Crippen molar-refractivity contribution < 1.29 is 19.7 Å². The van der Waals surface area contributed by atoms with Crippen molar-refractivity contribution in [2.45, 2.75) is 13.5 Å². The maximum absolute atomic E-state index is 12.0. The summed E-state index contributed by atoms with van der Waals surface area (Å²) in [5, 5.41) is 21.6. The van der Waals surface area contributed by atoms with Crippen molar-refractivity contribution in [2.24, 2.45) is 0 Å². The molecule has 0 aliphatic heterocycles. The summed E-state index contributed by atoms with van der Waals surface area (Å²) in [5.74, 6) is -0.981. The highest BCUT2D eigenvalue weighted by molar-refractivity contribution is 5.95. The summed E-state index contributed by atoms with van der Waals surface area (Å²) in [7, 11) is 1.56. The molecule has 0 bridgehead atoms. The van der Waals surface area contributed by atoms with Gasteiger partial charge in [-0.1, -0.05) is 12.1 Å². The Labute approximate surface area is 121 Å². The van der Waals surface area contributed by atoms with E-state index >= 15 is 0 Å². The van der Waals surface area contributed by atoms with Crippen LogP contribution in [0.15, 0.2) is 24.3 Å². The number of hydrogen-bond donors (Lipinski definition) is 3. The highest BCUT2D eigenvalue weighted by atomic mass is 16.5. The number of aromatic nitrogens is 2. The first kappa shape index (κ1) is 14.6. The fourth-order valence-electron chi connectivity index (χ4n) is 1.76. The van der Waals surface area contributed by atoms with E-state index in [0.717, 1.165) is 5.56 Å². The van der Waals surface area contributed by atoms with E-state index in [0.29, 0.717) is 5.75 Å². The third-order valence-corrected chi connectivity index (χ3v) is 2.78. The average Bonchev–Trinajstić information content (AvgIpc) is 2.48. The van der Waals surface area contributed by atoms with Gasteiger partial charge in [-0.2, -0.15) is 4.98 Å². The first-order valence-electron chi connectivity index (χ1n) is 6.19. The zero-order chi connectivity index (χ0) is 15.4. The molecule has 0 radical (unpaired) electrons. The Bertz CT molecular complexity index is 673. The van der Waals surface area contributed by atoms with Gasteiger partial charge in [-0.3, -0.25) is 4.79 Å². The smallest absolute Gasteiger partial charge is 0.274 e. The minimum atomic E-state index is -0.635. The Balaban J connectivity index is 2.11. The van der Waals surface area contributed by atoms with Crippen molar-refractivity contribution in [1.29, 1.82) is 0 Å². The molecule has 0 atom stereocenters. The van der Waals surface area contributed by atoms with E-state index in [1.807, 2.05) is 6.07 Å². The van der Waals surface area contributed by atoms with Crippen molar-refractivity contribution in [3.63, 3.8) is 0 Å². The Morgan fingerprint density at radius 3 is 2.81 bits per heavy atom. The molecule has 0 aliphatic carbocycles. The van der Waals surface area contributed by atoms with Crippen LogP contribution in [0.1, 0.15) is 21.9 Å². The topological polar surface area (TPSA) is 105 Å². The quantitative estimate of drug-likeness (QED) is 0.779. The SMILES string of the molecule is COc1cccc(CNC(=O)c2nc(C)nc(O)c2O)c1. The van der Waals surface area contributed by atoms with Gasteiger partial charge in [0.15, 0.2) is 5.69 Å². The molecule has 0 unspecified atom stereocenters. The summed E-state index contributed by atoms with van der Waals surface area (Å²) in [5.41, 5.74) is 0.570. The number of aryl methyl sites for hydroxylation is 1. The number of carbonyl (C=O) groups excluding carboxylic acids is 1. The number of carbonyl (C=O) groups is 1. The molecule has 21 heavy (non-hydrogen) atoms. The van der Waals surface area contributed by atoms with Gasteiger partial charge in [0, 0.05) is 6.54 Å². The van der Waals surface area contributed by atoms with E-state index in [4.69, 9.17) is 4.74 Å². The van der Waals surface area contributed by atoms with Crippen LogP contribution in [-0.4, -0.2) is 33.2 Å². The van der Waals surface area contributed by atoms with Crippen LogP contribution in [0, 0.1) is 6.92 Å². The van der Waals surface area contributed by atoms with Crippen LogP contribution in [0.4, 0.5) is 0 Å². The van der Waals surface area contributed by atoms with Crippen LogP contribution in [0.5, 0.6) is 17.4 Å². The Morgan fingerprint density at radius 2 is 2.10 bits per heavy atom. The van der Waals surface area contributed by atoms with Gasteiger partial charge in [-0.15, -0.1) is 0 Å². The van der Waals surface area contributed by atoms with Gasteiger partial charge < -0.3 is 20.3 Å². The van der Waals surface area contributed by atoms with Crippen LogP contribution >= 0.6 is 0 Å². The van der Waals surface area contributed by atoms with Crippen molar-refractivity contribution in [1.82, 2.24) is 15.3 Å².